The Morgan fingerprint density at radius 2 is 1.30 bits per heavy atom. The number of fused-ring (bicyclic) bond motifs is 6. The van der Waals surface area contributed by atoms with Crippen LogP contribution in [-0.4, -0.2) is 19.6 Å². The van der Waals surface area contributed by atoms with Crippen molar-refractivity contribution in [1.29, 1.82) is 0 Å². The third kappa shape index (κ3) is 3.58. The average molecular weight is 525 g/mol. The van der Waals surface area contributed by atoms with Gasteiger partial charge < -0.3 is 19.3 Å². The molecule has 0 aromatic heterocycles. The summed E-state index contributed by atoms with van der Waals surface area (Å²) in [6.45, 7) is 2.92. The lowest BCUT2D eigenvalue weighted by molar-refractivity contribution is 0.0224. The maximum Gasteiger partial charge on any atom is 0.340 e. The second kappa shape index (κ2) is 9.31. The van der Waals surface area contributed by atoms with Crippen LogP contribution in [0.2, 0.25) is 0 Å². The predicted molar refractivity (Wildman–Crippen MR) is 158 cm³/mol. The van der Waals surface area contributed by atoms with Crippen molar-refractivity contribution in [2.75, 3.05) is 23.4 Å². The average Bonchev–Trinajstić information content (AvgIpc) is 3.30. The number of rotatable bonds is 5. The van der Waals surface area contributed by atoms with Gasteiger partial charge >= 0.3 is 5.97 Å². The number of benzene rings is 5. The molecule has 1 atom stereocenters. The molecule has 2 heterocycles. The Labute approximate surface area is 233 Å². The van der Waals surface area contributed by atoms with Crippen molar-refractivity contribution in [3.05, 3.63) is 144 Å². The molecule has 0 fully saturated rings. The number of carbonyl (C=O) groups is 1. The van der Waals surface area contributed by atoms with Crippen LogP contribution in [0, 0.1) is 0 Å². The number of nitrogens with zero attached hydrogens (tertiary/aromatic N) is 2. The number of hydrogen-bond donors (Lipinski definition) is 0. The smallest absolute Gasteiger partial charge is 0.340 e. The molecule has 196 valence electrons. The fraction of sp³-hybridized carbons (Fsp3) is 0.114. The molecule has 0 radical (unpaired) electrons. The largest absolute Gasteiger partial charge is 0.456 e. The van der Waals surface area contributed by atoms with Crippen molar-refractivity contribution in [2.24, 2.45) is 0 Å². The molecular formula is C35H28N2O3. The van der Waals surface area contributed by atoms with Crippen LogP contribution in [-0.2, 0) is 10.3 Å². The highest BCUT2D eigenvalue weighted by Gasteiger charge is 2.53. The molecule has 1 unspecified atom stereocenters. The van der Waals surface area contributed by atoms with Crippen LogP contribution in [0.3, 0.4) is 0 Å². The fourth-order valence-electron chi connectivity index (χ4n) is 5.95. The van der Waals surface area contributed by atoms with Gasteiger partial charge in [-0.2, -0.15) is 0 Å². The Kier molecular flexibility index (Phi) is 5.60. The summed E-state index contributed by atoms with van der Waals surface area (Å²) in [7, 11) is 2.03. The Morgan fingerprint density at radius 1 is 0.625 bits per heavy atom. The molecule has 0 saturated heterocycles. The zero-order valence-corrected chi connectivity index (χ0v) is 22.4. The van der Waals surface area contributed by atoms with Gasteiger partial charge in [-0.25, -0.2) is 4.79 Å². The summed E-state index contributed by atoms with van der Waals surface area (Å²) in [5, 5.41) is 0. The maximum atomic E-state index is 13.3. The lowest BCUT2D eigenvalue weighted by Gasteiger charge is -2.38. The molecule has 5 aromatic rings. The summed E-state index contributed by atoms with van der Waals surface area (Å²) in [5.41, 5.74) is 6.03. The van der Waals surface area contributed by atoms with Crippen molar-refractivity contribution in [2.45, 2.75) is 12.5 Å². The minimum Gasteiger partial charge on any atom is -0.456 e. The number of esters is 1. The van der Waals surface area contributed by atoms with E-state index in [0.29, 0.717) is 17.1 Å². The van der Waals surface area contributed by atoms with E-state index in [2.05, 4.69) is 59.2 Å². The van der Waals surface area contributed by atoms with Crippen molar-refractivity contribution < 1.29 is 14.3 Å². The molecular weight excluding hydrogens is 496 g/mol. The van der Waals surface area contributed by atoms with E-state index in [1.165, 1.54) is 0 Å². The lowest BCUT2D eigenvalue weighted by atomic mass is 9.77. The minimum absolute atomic E-state index is 0.334. The van der Waals surface area contributed by atoms with E-state index in [1.54, 1.807) is 0 Å². The van der Waals surface area contributed by atoms with E-state index >= 15 is 0 Å². The molecule has 1 spiro atoms. The molecule has 0 aliphatic carbocycles. The van der Waals surface area contributed by atoms with E-state index in [0.717, 1.165) is 46.0 Å². The lowest BCUT2D eigenvalue weighted by Crippen LogP contribution is -2.33. The van der Waals surface area contributed by atoms with E-state index in [4.69, 9.17) is 9.47 Å². The third-order valence-corrected chi connectivity index (χ3v) is 7.91. The highest BCUT2D eigenvalue weighted by molar-refractivity contribution is 5.97. The van der Waals surface area contributed by atoms with Gasteiger partial charge in [-0.15, -0.1) is 0 Å². The zero-order chi connectivity index (χ0) is 27.3. The van der Waals surface area contributed by atoms with Crippen molar-refractivity contribution in [3.63, 3.8) is 0 Å². The van der Waals surface area contributed by atoms with Crippen molar-refractivity contribution in [3.8, 4) is 11.5 Å². The van der Waals surface area contributed by atoms with Crippen LogP contribution >= 0.6 is 0 Å². The zero-order valence-electron chi connectivity index (χ0n) is 22.4. The van der Waals surface area contributed by atoms with Gasteiger partial charge in [-0.1, -0.05) is 54.6 Å². The monoisotopic (exact) mass is 524 g/mol. The van der Waals surface area contributed by atoms with Gasteiger partial charge in [-0.3, -0.25) is 0 Å². The summed E-state index contributed by atoms with van der Waals surface area (Å²) >= 11 is 0. The summed E-state index contributed by atoms with van der Waals surface area (Å²) in [5.74, 6) is 1.01. The predicted octanol–water partition coefficient (Wildman–Crippen LogP) is 8.18. The highest BCUT2D eigenvalue weighted by atomic mass is 16.6. The topological polar surface area (TPSA) is 42.0 Å². The van der Waals surface area contributed by atoms with Crippen molar-refractivity contribution in [1.82, 2.24) is 0 Å². The molecule has 40 heavy (non-hydrogen) atoms. The van der Waals surface area contributed by atoms with E-state index in [-0.39, 0.29) is 5.97 Å². The Hall–Kier alpha value is -5.03. The standard InChI is InChI=1S/C35H28N2O3/c1-3-37(25-14-8-5-9-15-25)27-18-20-30-33(23-27)39-32-21-19-26(36(2)24-12-6-4-7-13-24)22-31(32)35(30)29-17-11-10-16-28(29)34(38)40-35/h4-23H,3H2,1-2H3. The molecule has 5 aromatic carbocycles. The normalized spacial score (nSPS) is 16.4. The van der Waals surface area contributed by atoms with Gasteiger partial charge in [0.25, 0.3) is 0 Å². The molecule has 0 N–H and O–H groups in total. The van der Waals surface area contributed by atoms with Gasteiger partial charge in [-0.05, 0) is 67.6 Å². The van der Waals surface area contributed by atoms with Gasteiger partial charge in [0, 0.05) is 59.1 Å². The van der Waals surface area contributed by atoms with Crippen LogP contribution in [0.15, 0.2) is 121 Å². The molecule has 0 amide bonds. The van der Waals surface area contributed by atoms with Crippen LogP contribution in [0.4, 0.5) is 22.7 Å². The first-order valence-corrected chi connectivity index (χ1v) is 13.5. The first kappa shape index (κ1) is 24.0. The number of ether oxygens (including phenoxy) is 2. The first-order valence-electron chi connectivity index (χ1n) is 13.5. The van der Waals surface area contributed by atoms with Gasteiger partial charge in [0.15, 0.2) is 5.60 Å². The van der Waals surface area contributed by atoms with Crippen LogP contribution in [0.25, 0.3) is 0 Å². The third-order valence-electron chi connectivity index (χ3n) is 7.91. The summed E-state index contributed by atoms with van der Waals surface area (Å²) in [4.78, 5) is 17.7. The summed E-state index contributed by atoms with van der Waals surface area (Å²) in [6.07, 6.45) is 0. The maximum absolute atomic E-state index is 13.3. The Bertz CT molecular complexity index is 1740. The first-order chi connectivity index (χ1) is 19.6. The molecule has 0 bridgehead atoms. The highest BCUT2D eigenvalue weighted by Crippen LogP contribution is 2.57. The molecule has 5 nitrogen and oxygen atoms in total. The Morgan fingerprint density at radius 3 is 2.05 bits per heavy atom. The summed E-state index contributed by atoms with van der Waals surface area (Å²) in [6, 6.07) is 40.4. The summed E-state index contributed by atoms with van der Waals surface area (Å²) < 4.78 is 13.0. The minimum atomic E-state index is -1.12. The number of anilines is 4. The molecule has 5 heteroatoms. The van der Waals surface area contributed by atoms with Gasteiger partial charge in [0.2, 0.25) is 0 Å². The Balaban J connectivity index is 1.42. The molecule has 7 rings (SSSR count). The quantitative estimate of drug-likeness (QED) is 0.217. The second-order valence-corrected chi connectivity index (χ2v) is 10.1. The second-order valence-electron chi connectivity index (χ2n) is 10.1. The number of carbonyl (C=O) groups excluding carboxylic acids is 1. The van der Waals surface area contributed by atoms with Crippen molar-refractivity contribution >= 4 is 28.7 Å². The fourth-order valence-corrected chi connectivity index (χ4v) is 5.95. The molecule has 0 saturated carbocycles. The van der Waals surface area contributed by atoms with E-state index in [9.17, 15) is 4.79 Å². The van der Waals surface area contributed by atoms with Gasteiger partial charge in [0.1, 0.15) is 11.5 Å². The van der Waals surface area contributed by atoms with E-state index in [1.807, 2.05) is 85.9 Å². The van der Waals surface area contributed by atoms with Crippen LogP contribution in [0.5, 0.6) is 11.5 Å². The number of hydrogen-bond acceptors (Lipinski definition) is 5. The van der Waals surface area contributed by atoms with Gasteiger partial charge in [0.05, 0.1) is 5.56 Å². The molecule has 2 aliphatic heterocycles. The van der Waals surface area contributed by atoms with Crippen LogP contribution < -0.4 is 14.5 Å². The SMILES string of the molecule is CCN(c1ccccc1)c1ccc2c(c1)Oc1ccc(N(C)c3ccccc3)cc1C21OC(=O)c2ccccc21. The van der Waals surface area contributed by atoms with Crippen LogP contribution in [0.1, 0.15) is 34.0 Å². The molecule has 2 aliphatic rings. The van der Waals surface area contributed by atoms with E-state index < -0.39 is 5.60 Å². The number of para-hydroxylation sites is 2.